The van der Waals surface area contributed by atoms with Crippen LogP contribution in [0.15, 0.2) is 67.0 Å². The van der Waals surface area contributed by atoms with Gasteiger partial charge in [0.25, 0.3) is 0 Å². The number of halogens is 1. The molecule has 2 heterocycles. The number of ether oxygens (including phenoxy) is 1. The maximum Gasteiger partial charge on any atom is 0.155 e. The summed E-state index contributed by atoms with van der Waals surface area (Å²) in [4.78, 5) is 11.7. The fraction of sp³-hybridized carbons (Fsp3) is 0.280. The molecule has 0 saturated heterocycles. The Morgan fingerprint density at radius 1 is 1.10 bits per heavy atom. The highest BCUT2D eigenvalue weighted by Gasteiger charge is 2.35. The molecule has 0 aliphatic heterocycles. The van der Waals surface area contributed by atoms with Crippen molar-refractivity contribution in [3.8, 4) is 17.0 Å². The van der Waals surface area contributed by atoms with Crippen molar-refractivity contribution in [2.45, 2.75) is 31.4 Å². The highest BCUT2D eigenvalue weighted by molar-refractivity contribution is 6.33. The molecule has 0 radical (unpaired) electrons. The Hall–Kier alpha value is -2.89. The van der Waals surface area contributed by atoms with Gasteiger partial charge in [0.15, 0.2) is 5.15 Å². The van der Waals surface area contributed by atoms with Crippen LogP contribution in [0.4, 0.5) is 0 Å². The Morgan fingerprint density at radius 2 is 1.90 bits per heavy atom. The highest BCUT2D eigenvalue weighted by Crippen LogP contribution is 2.41. The molecule has 1 saturated carbocycles. The van der Waals surface area contributed by atoms with Crippen molar-refractivity contribution in [3.63, 3.8) is 0 Å². The van der Waals surface area contributed by atoms with Gasteiger partial charge in [0.05, 0.1) is 5.69 Å². The van der Waals surface area contributed by atoms with Gasteiger partial charge in [-0.15, -0.1) is 0 Å². The number of rotatable bonds is 6. The van der Waals surface area contributed by atoms with Crippen molar-refractivity contribution in [2.75, 3.05) is 14.1 Å². The van der Waals surface area contributed by atoms with Crippen LogP contribution in [0.2, 0.25) is 5.15 Å². The van der Waals surface area contributed by atoms with E-state index in [9.17, 15) is 0 Å². The van der Waals surface area contributed by atoms with Crippen molar-refractivity contribution < 1.29 is 4.74 Å². The Labute approximate surface area is 187 Å². The number of aromatic nitrogens is 3. The van der Waals surface area contributed by atoms with Crippen molar-refractivity contribution in [1.29, 1.82) is 0 Å². The summed E-state index contributed by atoms with van der Waals surface area (Å²) in [6, 6.07) is 18.8. The second kappa shape index (κ2) is 8.33. The minimum Gasteiger partial charge on any atom is -0.489 e. The van der Waals surface area contributed by atoms with Gasteiger partial charge in [-0.1, -0.05) is 54.1 Å². The van der Waals surface area contributed by atoms with Gasteiger partial charge in [-0.25, -0.2) is 9.97 Å². The van der Waals surface area contributed by atoms with E-state index in [4.69, 9.17) is 21.3 Å². The molecular formula is C25H25ClN4O. The molecule has 31 heavy (non-hydrogen) atoms. The molecule has 6 heteroatoms. The van der Waals surface area contributed by atoms with Gasteiger partial charge < -0.3 is 9.64 Å². The first-order chi connectivity index (χ1) is 15.1. The molecule has 0 amide bonds. The van der Waals surface area contributed by atoms with Crippen LogP contribution in [0, 0.1) is 0 Å². The third kappa shape index (κ3) is 3.91. The minimum atomic E-state index is 0.421. The minimum absolute atomic E-state index is 0.421. The van der Waals surface area contributed by atoms with Gasteiger partial charge in [0.2, 0.25) is 0 Å². The fourth-order valence-electron chi connectivity index (χ4n) is 4.21. The maximum atomic E-state index is 6.54. The Morgan fingerprint density at radius 3 is 2.68 bits per heavy atom. The van der Waals surface area contributed by atoms with E-state index in [1.807, 2.05) is 48.7 Å². The highest BCUT2D eigenvalue weighted by atomic mass is 35.5. The topological polar surface area (TPSA) is 42.7 Å². The van der Waals surface area contributed by atoms with Gasteiger partial charge in [0, 0.05) is 29.9 Å². The number of fused-ring (bicyclic) bond motifs is 1. The zero-order valence-corrected chi connectivity index (χ0v) is 18.5. The Kier molecular flexibility index (Phi) is 5.38. The second-order valence-electron chi connectivity index (χ2n) is 8.34. The summed E-state index contributed by atoms with van der Waals surface area (Å²) >= 11 is 6.54. The van der Waals surface area contributed by atoms with Crippen LogP contribution >= 0.6 is 11.6 Å². The third-order valence-electron chi connectivity index (χ3n) is 6.10. The lowest BCUT2D eigenvalue weighted by Crippen LogP contribution is -2.39. The van der Waals surface area contributed by atoms with Crippen LogP contribution in [0.1, 0.15) is 30.1 Å². The standard InChI is InChI=1S/C25H25ClN4O/c1-29(2)20-13-19(14-20)25-28-22(23-24(26)27-11-12-30(23)25)18-9-6-10-21(15-18)31-16-17-7-4-3-5-8-17/h3-12,15,19-20H,13-14,16H2,1-2H3. The summed E-state index contributed by atoms with van der Waals surface area (Å²) < 4.78 is 8.14. The van der Waals surface area contributed by atoms with E-state index in [1.165, 1.54) is 0 Å². The van der Waals surface area contributed by atoms with Crippen LogP contribution in [0.3, 0.4) is 0 Å². The molecule has 158 valence electrons. The lowest BCUT2D eigenvalue weighted by molar-refractivity contribution is 0.161. The van der Waals surface area contributed by atoms with E-state index in [-0.39, 0.29) is 0 Å². The number of imidazole rings is 1. The summed E-state index contributed by atoms with van der Waals surface area (Å²) in [6.45, 7) is 0.524. The fourth-order valence-corrected chi connectivity index (χ4v) is 4.45. The molecule has 0 unspecified atom stereocenters. The van der Waals surface area contributed by atoms with Gasteiger partial charge >= 0.3 is 0 Å². The summed E-state index contributed by atoms with van der Waals surface area (Å²) in [5, 5.41) is 0.468. The van der Waals surface area contributed by atoms with Gasteiger partial charge in [0.1, 0.15) is 23.7 Å². The van der Waals surface area contributed by atoms with E-state index >= 15 is 0 Å². The van der Waals surface area contributed by atoms with Crippen molar-refractivity contribution in [3.05, 3.63) is 83.5 Å². The molecule has 0 atom stereocenters. The quantitative estimate of drug-likeness (QED) is 0.407. The van der Waals surface area contributed by atoms with Gasteiger partial charge in [-0.2, -0.15) is 0 Å². The van der Waals surface area contributed by atoms with E-state index in [1.54, 1.807) is 6.20 Å². The largest absolute Gasteiger partial charge is 0.489 e. The molecule has 5 rings (SSSR count). The molecule has 2 aromatic heterocycles. The smallest absolute Gasteiger partial charge is 0.155 e. The molecule has 4 aromatic rings. The van der Waals surface area contributed by atoms with E-state index < -0.39 is 0 Å². The maximum absolute atomic E-state index is 6.54. The molecule has 0 N–H and O–H groups in total. The summed E-state index contributed by atoms with van der Waals surface area (Å²) in [6.07, 6.45) is 5.91. The van der Waals surface area contributed by atoms with Crippen molar-refractivity contribution in [2.24, 2.45) is 0 Å². The molecular weight excluding hydrogens is 408 g/mol. The zero-order valence-electron chi connectivity index (χ0n) is 17.7. The van der Waals surface area contributed by atoms with Crippen LogP contribution in [0.25, 0.3) is 16.8 Å². The molecule has 0 spiro atoms. The van der Waals surface area contributed by atoms with Crippen LogP contribution in [0.5, 0.6) is 5.75 Å². The van der Waals surface area contributed by atoms with Crippen LogP contribution < -0.4 is 4.74 Å². The first-order valence-corrected chi connectivity index (χ1v) is 10.9. The second-order valence-corrected chi connectivity index (χ2v) is 8.70. The molecule has 1 fully saturated rings. The summed E-state index contributed by atoms with van der Waals surface area (Å²) in [7, 11) is 4.27. The number of nitrogens with zero attached hydrogens (tertiary/aromatic N) is 4. The van der Waals surface area contributed by atoms with E-state index in [2.05, 4.69) is 40.5 Å². The normalized spacial score (nSPS) is 18.3. The predicted octanol–water partition coefficient (Wildman–Crippen LogP) is 5.44. The average Bonchev–Trinajstić information content (AvgIpc) is 3.13. The first-order valence-electron chi connectivity index (χ1n) is 10.6. The SMILES string of the molecule is CN(C)C1CC(c2nc(-c3cccc(OCc4ccccc4)c3)c3c(Cl)nccn23)C1. The monoisotopic (exact) mass is 432 g/mol. The van der Waals surface area contributed by atoms with Crippen LogP contribution in [-0.4, -0.2) is 39.4 Å². The molecule has 2 aromatic carbocycles. The molecule has 1 aliphatic carbocycles. The summed E-state index contributed by atoms with van der Waals surface area (Å²) in [5.41, 5.74) is 3.82. The average molecular weight is 433 g/mol. The van der Waals surface area contributed by atoms with Crippen molar-refractivity contribution >= 4 is 17.1 Å². The number of hydrogen-bond donors (Lipinski definition) is 0. The Balaban J connectivity index is 1.47. The van der Waals surface area contributed by atoms with E-state index in [0.717, 1.165) is 46.8 Å². The lowest BCUT2D eigenvalue weighted by atomic mass is 9.79. The van der Waals surface area contributed by atoms with Crippen molar-refractivity contribution in [1.82, 2.24) is 19.3 Å². The molecule has 0 bridgehead atoms. The lowest BCUT2D eigenvalue weighted by Gasteiger charge is -2.38. The number of hydrogen-bond acceptors (Lipinski definition) is 4. The number of benzene rings is 2. The first kappa shape index (κ1) is 20.0. The Bertz CT molecular complexity index is 1200. The molecule has 5 nitrogen and oxygen atoms in total. The zero-order chi connectivity index (χ0) is 21.4. The molecule has 1 aliphatic rings. The summed E-state index contributed by atoms with van der Waals surface area (Å²) in [5.74, 6) is 2.29. The predicted molar refractivity (Wildman–Crippen MR) is 124 cm³/mol. The van der Waals surface area contributed by atoms with Gasteiger partial charge in [-0.05, 0) is 44.6 Å². The van der Waals surface area contributed by atoms with Crippen LogP contribution in [-0.2, 0) is 6.61 Å². The van der Waals surface area contributed by atoms with Gasteiger partial charge in [-0.3, -0.25) is 4.40 Å². The third-order valence-corrected chi connectivity index (χ3v) is 6.38. The van der Waals surface area contributed by atoms with E-state index in [0.29, 0.717) is 23.7 Å².